The number of hydrogen-bond acceptors (Lipinski definition) is 5. The van der Waals surface area contributed by atoms with Gasteiger partial charge < -0.3 is 14.6 Å². The summed E-state index contributed by atoms with van der Waals surface area (Å²) in [5.41, 5.74) is 0.817. The first-order valence-corrected chi connectivity index (χ1v) is 9.11. The van der Waals surface area contributed by atoms with Crippen LogP contribution in [0.3, 0.4) is 0 Å². The smallest absolute Gasteiger partial charge is 0.227 e. The van der Waals surface area contributed by atoms with Gasteiger partial charge in [-0.15, -0.1) is 0 Å². The third-order valence-electron chi connectivity index (χ3n) is 3.79. The Morgan fingerprint density at radius 2 is 1.89 bits per heavy atom. The summed E-state index contributed by atoms with van der Waals surface area (Å²) in [6.07, 6.45) is 1.43. The Balaban J connectivity index is 1.34. The minimum Gasteiger partial charge on any atom is -0.494 e. The van der Waals surface area contributed by atoms with E-state index in [4.69, 9.17) is 20.9 Å². The molecule has 1 heterocycles. The fourth-order valence-corrected chi connectivity index (χ4v) is 2.51. The molecule has 0 saturated heterocycles. The van der Waals surface area contributed by atoms with Gasteiger partial charge in [0.1, 0.15) is 5.75 Å². The lowest BCUT2D eigenvalue weighted by molar-refractivity contribution is -0.121. The van der Waals surface area contributed by atoms with Gasteiger partial charge in [0.25, 0.3) is 0 Å². The number of nitrogens with zero attached hydrogens (tertiary/aromatic N) is 2. The summed E-state index contributed by atoms with van der Waals surface area (Å²) in [6.45, 7) is 1.12. The van der Waals surface area contributed by atoms with Gasteiger partial charge in [-0.05, 0) is 42.8 Å². The lowest BCUT2D eigenvalue weighted by Crippen LogP contribution is -2.25. The van der Waals surface area contributed by atoms with Crippen LogP contribution in [0.4, 0.5) is 0 Å². The molecule has 2 aromatic carbocycles. The molecule has 140 valence electrons. The van der Waals surface area contributed by atoms with E-state index in [1.54, 1.807) is 12.1 Å². The van der Waals surface area contributed by atoms with Crippen LogP contribution in [-0.4, -0.2) is 29.2 Å². The highest BCUT2D eigenvalue weighted by Gasteiger charge is 2.10. The third-order valence-corrected chi connectivity index (χ3v) is 4.04. The molecule has 0 bridgehead atoms. The molecular weight excluding hydrogens is 366 g/mol. The lowest BCUT2D eigenvalue weighted by atomic mass is 10.2. The average Bonchev–Trinajstić information content (AvgIpc) is 3.16. The van der Waals surface area contributed by atoms with Crippen molar-refractivity contribution in [3.63, 3.8) is 0 Å². The van der Waals surface area contributed by atoms with Gasteiger partial charge in [-0.1, -0.05) is 35.0 Å². The Labute approximate surface area is 162 Å². The predicted octanol–water partition coefficient (Wildman–Crippen LogP) is 3.91. The van der Waals surface area contributed by atoms with Crippen LogP contribution in [0.2, 0.25) is 5.02 Å². The van der Waals surface area contributed by atoms with Crippen molar-refractivity contribution in [2.45, 2.75) is 19.3 Å². The molecule has 0 aliphatic rings. The van der Waals surface area contributed by atoms with Gasteiger partial charge in [0.2, 0.25) is 17.6 Å². The number of halogens is 1. The zero-order chi connectivity index (χ0) is 18.9. The topological polar surface area (TPSA) is 77.2 Å². The summed E-state index contributed by atoms with van der Waals surface area (Å²) in [5.74, 6) is 1.69. The minimum atomic E-state index is -0.0547. The van der Waals surface area contributed by atoms with Crippen LogP contribution in [0.15, 0.2) is 59.1 Å². The fraction of sp³-hybridized carbons (Fsp3) is 0.250. The first kappa shape index (κ1) is 18.9. The van der Waals surface area contributed by atoms with E-state index in [2.05, 4.69) is 15.5 Å². The van der Waals surface area contributed by atoms with Crippen LogP contribution in [0.1, 0.15) is 18.7 Å². The SMILES string of the molecule is O=C(CCc1nc(-c2ccc(Cl)cc2)no1)NCCCOc1ccccc1. The second-order valence-corrected chi connectivity index (χ2v) is 6.32. The van der Waals surface area contributed by atoms with Crippen molar-refractivity contribution >= 4 is 17.5 Å². The molecule has 0 aliphatic carbocycles. The first-order chi connectivity index (χ1) is 13.2. The highest BCUT2D eigenvalue weighted by molar-refractivity contribution is 6.30. The molecule has 1 N–H and O–H groups in total. The van der Waals surface area contributed by atoms with Crippen LogP contribution in [-0.2, 0) is 11.2 Å². The minimum absolute atomic E-state index is 0.0547. The number of rotatable bonds is 9. The van der Waals surface area contributed by atoms with Crippen molar-refractivity contribution < 1.29 is 14.1 Å². The van der Waals surface area contributed by atoms with Crippen molar-refractivity contribution in [3.8, 4) is 17.1 Å². The van der Waals surface area contributed by atoms with Crippen molar-refractivity contribution in [1.82, 2.24) is 15.5 Å². The number of carbonyl (C=O) groups is 1. The normalized spacial score (nSPS) is 10.6. The zero-order valence-corrected chi connectivity index (χ0v) is 15.5. The average molecular weight is 386 g/mol. The van der Waals surface area contributed by atoms with Crippen LogP contribution in [0, 0.1) is 0 Å². The van der Waals surface area contributed by atoms with Crippen molar-refractivity contribution in [3.05, 3.63) is 65.5 Å². The highest BCUT2D eigenvalue weighted by Crippen LogP contribution is 2.19. The number of para-hydroxylation sites is 1. The molecule has 3 aromatic rings. The van der Waals surface area contributed by atoms with E-state index in [1.165, 1.54) is 0 Å². The lowest BCUT2D eigenvalue weighted by Gasteiger charge is -2.06. The van der Waals surface area contributed by atoms with Gasteiger partial charge >= 0.3 is 0 Å². The Hall–Kier alpha value is -2.86. The van der Waals surface area contributed by atoms with E-state index in [-0.39, 0.29) is 5.91 Å². The number of hydrogen-bond donors (Lipinski definition) is 1. The van der Waals surface area contributed by atoms with Crippen molar-refractivity contribution in [2.24, 2.45) is 0 Å². The monoisotopic (exact) mass is 385 g/mol. The Morgan fingerprint density at radius 1 is 1.11 bits per heavy atom. The maximum atomic E-state index is 11.9. The predicted molar refractivity (Wildman–Crippen MR) is 103 cm³/mol. The van der Waals surface area contributed by atoms with Gasteiger partial charge in [-0.2, -0.15) is 4.98 Å². The van der Waals surface area contributed by atoms with Gasteiger partial charge in [-0.3, -0.25) is 4.79 Å². The van der Waals surface area contributed by atoms with E-state index >= 15 is 0 Å². The summed E-state index contributed by atoms with van der Waals surface area (Å²) in [6, 6.07) is 16.8. The molecule has 0 aliphatic heterocycles. The van der Waals surface area contributed by atoms with E-state index < -0.39 is 0 Å². The van der Waals surface area contributed by atoms with Crippen molar-refractivity contribution in [1.29, 1.82) is 0 Å². The van der Waals surface area contributed by atoms with Gasteiger partial charge in [0.05, 0.1) is 6.61 Å². The van der Waals surface area contributed by atoms with Crippen molar-refractivity contribution in [2.75, 3.05) is 13.2 Å². The number of amides is 1. The molecule has 0 saturated carbocycles. The molecular formula is C20H20ClN3O3. The maximum Gasteiger partial charge on any atom is 0.227 e. The fourth-order valence-electron chi connectivity index (χ4n) is 2.39. The third kappa shape index (κ3) is 6.11. The van der Waals surface area contributed by atoms with Crippen LogP contribution in [0.25, 0.3) is 11.4 Å². The molecule has 0 atom stereocenters. The number of benzene rings is 2. The van der Waals surface area contributed by atoms with E-state index in [0.29, 0.717) is 42.7 Å². The largest absolute Gasteiger partial charge is 0.494 e. The van der Waals surface area contributed by atoms with Crippen LogP contribution < -0.4 is 10.1 Å². The summed E-state index contributed by atoms with van der Waals surface area (Å²) < 4.78 is 10.8. The number of carbonyl (C=O) groups excluding carboxylic acids is 1. The number of ether oxygens (including phenoxy) is 1. The molecule has 0 spiro atoms. The van der Waals surface area contributed by atoms with E-state index in [1.807, 2.05) is 42.5 Å². The summed E-state index contributed by atoms with van der Waals surface area (Å²) in [4.78, 5) is 16.2. The van der Waals surface area contributed by atoms with Crippen LogP contribution >= 0.6 is 11.6 Å². The molecule has 0 unspecified atom stereocenters. The molecule has 27 heavy (non-hydrogen) atoms. The Kier molecular flexibility index (Phi) is 6.82. The van der Waals surface area contributed by atoms with Gasteiger partial charge in [0.15, 0.2) is 0 Å². The second-order valence-electron chi connectivity index (χ2n) is 5.88. The molecule has 1 amide bonds. The van der Waals surface area contributed by atoms with E-state index in [0.717, 1.165) is 17.7 Å². The highest BCUT2D eigenvalue weighted by atomic mass is 35.5. The first-order valence-electron chi connectivity index (χ1n) is 8.74. The van der Waals surface area contributed by atoms with Gasteiger partial charge in [-0.25, -0.2) is 0 Å². The summed E-state index contributed by atoms with van der Waals surface area (Å²) in [7, 11) is 0. The number of aryl methyl sites for hydroxylation is 1. The van der Waals surface area contributed by atoms with Gasteiger partial charge in [0, 0.05) is 30.0 Å². The molecule has 6 nitrogen and oxygen atoms in total. The molecule has 7 heteroatoms. The summed E-state index contributed by atoms with van der Waals surface area (Å²) >= 11 is 5.86. The van der Waals surface area contributed by atoms with E-state index in [9.17, 15) is 4.79 Å². The standard InChI is InChI=1S/C20H20ClN3O3/c21-16-9-7-15(8-10-16)20-23-19(27-24-20)12-11-18(25)22-13-4-14-26-17-5-2-1-3-6-17/h1-3,5-10H,4,11-14H2,(H,22,25). The quantitative estimate of drug-likeness (QED) is 0.565. The molecule has 1 aromatic heterocycles. The zero-order valence-electron chi connectivity index (χ0n) is 14.7. The molecule has 0 fully saturated rings. The number of aromatic nitrogens is 2. The molecule has 0 radical (unpaired) electrons. The van der Waals surface area contributed by atoms with Crippen LogP contribution in [0.5, 0.6) is 5.75 Å². The molecule has 3 rings (SSSR count). The maximum absolute atomic E-state index is 11.9. The number of nitrogens with one attached hydrogen (secondary N) is 1. The summed E-state index contributed by atoms with van der Waals surface area (Å²) in [5, 5.41) is 7.44. The second kappa shape index (κ2) is 9.73. The Morgan fingerprint density at radius 3 is 2.67 bits per heavy atom. The Bertz CT molecular complexity index is 850.